The molecule has 1 aromatic heterocycles. The Bertz CT molecular complexity index is 682. The molecule has 0 saturated carbocycles. The van der Waals surface area contributed by atoms with Crippen molar-refractivity contribution in [3.63, 3.8) is 0 Å². The molecule has 0 spiro atoms. The fraction of sp³-hybridized carbons (Fsp3) is 0.176. The van der Waals surface area contributed by atoms with Crippen LogP contribution in [0.2, 0.25) is 0 Å². The number of aryl methyl sites for hydroxylation is 1. The summed E-state index contributed by atoms with van der Waals surface area (Å²) in [6.07, 6.45) is 6.70. The minimum atomic E-state index is -0.286. The van der Waals surface area contributed by atoms with Crippen LogP contribution in [-0.2, 0) is 0 Å². The summed E-state index contributed by atoms with van der Waals surface area (Å²) in [6.45, 7) is 1.73. The van der Waals surface area contributed by atoms with E-state index in [1.165, 1.54) is 12.5 Å². The minimum Gasteiger partial charge on any atom is -0.469 e. The number of benzene rings is 1. The standard InChI is InChI=1S/C17H19N3O2/c1-13-16(10-12-22-13)17(21)19-18-11-4-5-14-6-8-15(9-7-14)20(2)3/h4-12H,1-3H3,(H,19,21)/b5-4+,18-11?. The summed E-state index contributed by atoms with van der Waals surface area (Å²) < 4.78 is 5.07. The largest absolute Gasteiger partial charge is 0.469 e. The number of nitrogens with one attached hydrogen (secondary N) is 1. The fourth-order valence-electron chi connectivity index (χ4n) is 1.86. The van der Waals surface area contributed by atoms with Gasteiger partial charge in [-0.2, -0.15) is 5.10 Å². The summed E-state index contributed by atoms with van der Waals surface area (Å²) in [5.74, 6) is 0.287. The molecule has 0 bridgehead atoms. The van der Waals surface area contributed by atoms with Crippen molar-refractivity contribution >= 4 is 23.9 Å². The summed E-state index contributed by atoms with van der Waals surface area (Å²) in [6, 6.07) is 9.74. The maximum Gasteiger partial charge on any atom is 0.274 e. The molecule has 5 heteroatoms. The molecule has 0 saturated heterocycles. The molecule has 2 rings (SSSR count). The number of hydrogen-bond acceptors (Lipinski definition) is 4. The Morgan fingerprint density at radius 3 is 2.55 bits per heavy atom. The molecule has 5 nitrogen and oxygen atoms in total. The predicted molar refractivity (Wildman–Crippen MR) is 89.2 cm³/mol. The molecule has 0 unspecified atom stereocenters. The molecular formula is C17H19N3O2. The predicted octanol–water partition coefficient (Wildman–Crippen LogP) is 3.08. The Hall–Kier alpha value is -2.82. The van der Waals surface area contributed by atoms with Crippen LogP contribution in [0.1, 0.15) is 21.7 Å². The van der Waals surface area contributed by atoms with Crippen molar-refractivity contribution in [2.24, 2.45) is 5.10 Å². The normalized spacial score (nSPS) is 11.2. The van der Waals surface area contributed by atoms with Gasteiger partial charge in [0.15, 0.2) is 0 Å². The molecule has 22 heavy (non-hydrogen) atoms. The van der Waals surface area contributed by atoms with E-state index in [9.17, 15) is 4.79 Å². The Labute approximate surface area is 129 Å². The summed E-state index contributed by atoms with van der Waals surface area (Å²) >= 11 is 0. The van der Waals surface area contributed by atoms with Gasteiger partial charge in [-0.1, -0.05) is 18.2 Å². The molecule has 0 aliphatic rings. The first-order valence-electron chi connectivity index (χ1n) is 6.89. The Balaban J connectivity index is 1.87. The third kappa shape index (κ3) is 4.09. The zero-order valence-electron chi connectivity index (χ0n) is 12.9. The molecule has 1 aromatic carbocycles. The second kappa shape index (κ2) is 7.26. The van der Waals surface area contributed by atoms with Gasteiger partial charge in [0.2, 0.25) is 0 Å². The maximum absolute atomic E-state index is 11.7. The number of furan rings is 1. The molecule has 2 aromatic rings. The van der Waals surface area contributed by atoms with E-state index in [0.717, 1.165) is 11.3 Å². The lowest BCUT2D eigenvalue weighted by Gasteiger charge is -2.11. The number of anilines is 1. The van der Waals surface area contributed by atoms with Crippen molar-refractivity contribution in [2.45, 2.75) is 6.92 Å². The van der Waals surface area contributed by atoms with Crippen LogP contribution in [0.4, 0.5) is 5.69 Å². The van der Waals surface area contributed by atoms with Crippen molar-refractivity contribution in [1.82, 2.24) is 5.43 Å². The second-order valence-corrected chi connectivity index (χ2v) is 4.95. The first kappa shape index (κ1) is 15.6. The van der Waals surface area contributed by atoms with E-state index < -0.39 is 0 Å². The molecular weight excluding hydrogens is 278 g/mol. The SMILES string of the molecule is Cc1occc1C(=O)NN=C/C=C/c1ccc(N(C)C)cc1. The first-order valence-corrected chi connectivity index (χ1v) is 6.89. The number of carbonyl (C=O) groups excluding carboxylic acids is 1. The number of hydrogen-bond donors (Lipinski definition) is 1. The van der Waals surface area contributed by atoms with Gasteiger partial charge in [0, 0.05) is 26.0 Å². The van der Waals surface area contributed by atoms with E-state index in [4.69, 9.17) is 4.42 Å². The van der Waals surface area contributed by atoms with Crippen molar-refractivity contribution in [1.29, 1.82) is 0 Å². The molecule has 0 fully saturated rings. The van der Waals surface area contributed by atoms with Gasteiger partial charge < -0.3 is 9.32 Å². The zero-order chi connectivity index (χ0) is 15.9. The summed E-state index contributed by atoms with van der Waals surface area (Å²) in [4.78, 5) is 13.8. The number of rotatable bonds is 5. The maximum atomic E-state index is 11.7. The average Bonchev–Trinajstić information content (AvgIpc) is 2.93. The molecule has 114 valence electrons. The highest BCUT2D eigenvalue weighted by Crippen LogP contribution is 2.12. The van der Waals surface area contributed by atoms with Crippen molar-refractivity contribution < 1.29 is 9.21 Å². The van der Waals surface area contributed by atoms with Crippen molar-refractivity contribution in [3.8, 4) is 0 Å². The van der Waals surface area contributed by atoms with Crippen LogP contribution >= 0.6 is 0 Å². The molecule has 0 atom stereocenters. The van der Waals surface area contributed by atoms with Crippen LogP contribution in [0.25, 0.3) is 6.08 Å². The molecule has 1 amide bonds. The van der Waals surface area contributed by atoms with Crippen LogP contribution in [0.5, 0.6) is 0 Å². The molecule has 0 aliphatic carbocycles. The number of hydrazone groups is 1. The van der Waals surface area contributed by atoms with Gasteiger partial charge in [-0.3, -0.25) is 4.79 Å². The average molecular weight is 297 g/mol. The van der Waals surface area contributed by atoms with Crippen molar-refractivity contribution in [2.75, 3.05) is 19.0 Å². The lowest BCUT2D eigenvalue weighted by atomic mass is 10.2. The van der Waals surface area contributed by atoms with E-state index in [-0.39, 0.29) is 5.91 Å². The van der Waals surface area contributed by atoms with Gasteiger partial charge in [-0.25, -0.2) is 5.43 Å². The van der Waals surface area contributed by atoms with Crippen LogP contribution in [0, 0.1) is 6.92 Å². The van der Waals surface area contributed by atoms with Crippen LogP contribution in [0.15, 0.2) is 52.2 Å². The van der Waals surface area contributed by atoms with Gasteiger partial charge in [0.05, 0.1) is 11.8 Å². The van der Waals surface area contributed by atoms with Gasteiger partial charge in [0.1, 0.15) is 5.76 Å². The highest BCUT2D eigenvalue weighted by atomic mass is 16.3. The fourth-order valence-corrected chi connectivity index (χ4v) is 1.86. The van der Waals surface area contributed by atoms with Gasteiger partial charge in [-0.15, -0.1) is 0 Å². The Morgan fingerprint density at radius 2 is 1.95 bits per heavy atom. The monoisotopic (exact) mass is 297 g/mol. The number of nitrogens with zero attached hydrogens (tertiary/aromatic N) is 2. The van der Waals surface area contributed by atoms with Crippen LogP contribution < -0.4 is 10.3 Å². The third-order valence-corrected chi connectivity index (χ3v) is 3.13. The molecule has 1 N–H and O–H groups in total. The highest BCUT2D eigenvalue weighted by molar-refractivity contribution is 5.95. The van der Waals surface area contributed by atoms with Crippen LogP contribution in [0.3, 0.4) is 0 Å². The second-order valence-electron chi connectivity index (χ2n) is 4.95. The smallest absolute Gasteiger partial charge is 0.274 e. The van der Waals surface area contributed by atoms with Gasteiger partial charge in [0.25, 0.3) is 5.91 Å². The molecule has 0 radical (unpaired) electrons. The third-order valence-electron chi connectivity index (χ3n) is 3.13. The lowest BCUT2D eigenvalue weighted by Crippen LogP contribution is -2.17. The van der Waals surface area contributed by atoms with E-state index in [1.807, 2.05) is 49.3 Å². The minimum absolute atomic E-state index is 0.286. The Morgan fingerprint density at radius 1 is 1.23 bits per heavy atom. The number of allylic oxidation sites excluding steroid dienone is 1. The zero-order valence-corrected chi connectivity index (χ0v) is 12.9. The van der Waals surface area contributed by atoms with E-state index in [1.54, 1.807) is 19.1 Å². The Kier molecular flexibility index (Phi) is 5.14. The van der Waals surface area contributed by atoms with E-state index in [2.05, 4.69) is 10.5 Å². The number of amides is 1. The summed E-state index contributed by atoms with van der Waals surface area (Å²) in [7, 11) is 4.00. The topological polar surface area (TPSA) is 57.8 Å². The van der Waals surface area contributed by atoms with Gasteiger partial charge in [-0.05, 0) is 36.8 Å². The van der Waals surface area contributed by atoms with E-state index in [0.29, 0.717) is 11.3 Å². The molecule has 0 aliphatic heterocycles. The molecule has 1 heterocycles. The summed E-state index contributed by atoms with van der Waals surface area (Å²) in [5, 5.41) is 3.87. The summed E-state index contributed by atoms with van der Waals surface area (Å²) in [5.41, 5.74) is 5.15. The van der Waals surface area contributed by atoms with Crippen LogP contribution in [-0.4, -0.2) is 26.2 Å². The van der Waals surface area contributed by atoms with Crippen molar-refractivity contribution in [3.05, 3.63) is 59.6 Å². The van der Waals surface area contributed by atoms with E-state index >= 15 is 0 Å². The number of carbonyl (C=O) groups is 1. The van der Waals surface area contributed by atoms with Gasteiger partial charge >= 0.3 is 0 Å². The first-order chi connectivity index (χ1) is 10.6. The quantitative estimate of drug-likeness (QED) is 0.681. The highest BCUT2D eigenvalue weighted by Gasteiger charge is 2.09. The lowest BCUT2D eigenvalue weighted by molar-refractivity contribution is 0.0953.